The number of methoxy groups -OCH3 is 1. The molecule has 2 unspecified atom stereocenters. The van der Waals surface area contributed by atoms with E-state index in [1.807, 2.05) is 97.1 Å². The molecule has 2 saturated heterocycles. The van der Waals surface area contributed by atoms with Gasteiger partial charge in [0.25, 0.3) is 0 Å². The van der Waals surface area contributed by atoms with E-state index < -0.39 is 30.4 Å². The molecule has 0 amide bonds. The van der Waals surface area contributed by atoms with Crippen LogP contribution in [0.3, 0.4) is 0 Å². The maximum atomic E-state index is 12.8. The van der Waals surface area contributed by atoms with Gasteiger partial charge in [-0.1, -0.05) is 97.9 Å². The van der Waals surface area contributed by atoms with Gasteiger partial charge >= 0.3 is 0 Å². The fourth-order valence-corrected chi connectivity index (χ4v) is 6.05. The maximum Gasteiger partial charge on any atom is 0.222 e. The summed E-state index contributed by atoms with van der Waals surface area (Å²) in [6, 6.07) is 35.3. The van der Waals surface area contributed by atoms with E-state index >= 15 is 0 Å². The van der Waals surface area contributed by atoms with Crippen molar-refractivity contribution in [3.05, 3.63) is 137 Å². The Labute approximate surface area is 270 Å². The van der Waals surface area contributed by atoms with E-state index in [9.17, 15) is 5.11 Å². The van der Waals surface area contributed by atoms with Gasteiger partial charge in [-0.25, -0.2) is 0 Å². The number of aliphatic hydroxyl groups is 1. The fraction of sp³-hybridized carbons (Fsp3) is 0.368. The molecule has 2 aliphatic rings. The monoisotopic (exact) mass is 626 g/mol. The molecule has 2 fully saturated rings. The van der Waals surface area contributed by atoms with Gasteiger partial charge in [-0.15, -0.1) is 0 Å². The second kappa shape index (κ2) is 15.3. The van der Waals surface area contributed by atoms with Crippen LogP contribution in [0, 0.1) is 5.92 Å². The smallest absolute Gasteiger partial charge is 0.222 e. The highest BCUT2D eigenvalue weighted by Crippen LogP contribution is 2.44. The van der Waals surface area contributed by atoms with Gasteiger partial charge in [0.05, 0.1) is 64.5 Å². The Morgan fingerprint density at radius 3 is 1.89 bits per heavy atom. The molecule has 46 heavy (non-hydrogen) atoms. The summed E-state index contributed by atoms with van der Waals surface area (Å²) in [6.07, 6.45) is -2.60. The highest BCUT2D eigenvalue weighted by Gasteiger charge is 2.55. The third kappa shape index (κ3) is 7.51. The lowest BCUT2D eigenvalue weighted by molar-refractivity contribution is -0.365. The van der Waals surface area contributed by atoms with E-state index in [2.05, 4.69) is 6.92 Å². The van der Waals surface area contributed by atoms with Crippen LogP contribution in [0.2, 0.25) is 0 Å². The highest BCUT2D eigenvalue weighted by atomic mass is 16.7. The van der Waals surface area contributed by atoms with Gasteiger partial charge in [-0.05, 0) is 34.9 Å². The molecule has 5 atom stereocenters. The van der Waals surface area contributed by atoms with Gasteiger partial charge in [0.2, 0.25) is 5.79 Å². The zero-order chi connectivity index (χ0) is 31.8. The molecule has 2 heterocycles. The average molecular weight is 627 g/mol. The van der Waals surface area contributed by atoms with E-state index in [-0.39, 0.29) is 19.1 Å². The second-order valence-electron chi connectivity index (χ2n) is 11.7. The highest BCUT2D eigenvalue weighted by molar-refractivity contribution is 5.41. The van der Waals surface area contributed by atoms with Crippen molar-refractivity contribution in [3.8, 4) is 5.75 Å². The minimum Gasteiger partial charge on any atom is -0.496 e. The Bertz CT molecular complexity index is 1500. The lowest BCUT2D eigenvalue weighted by Gasteiger charge is -2.50. The van der Waals surface area contributed by atoms with Crippen LogP contribution in [0.15, 0.2) is 109 Å². The van der Waals surface area contributed by atoms with Crippen molar-refractivity contribution in [3.63, 3.8) is 0 Å². The normalized spacial score (nSPS) is 25.0. The van der Waals surface area contributed by atoms with Crippen molar-refractivity contribution in [2.24, 2.45) is 5.92 Å². The molecule has 1 N–H and O–H groups in total. The van der Waals surface area contributed by atoms with Crippen LogP contribution in [0.1, 0.15) is 41.0 Å². The lowest BCUT2D eigenvalue weighted by atomic mass is 9.82. The van der Waals surface area contributed by atoms with Gasteiger partial charge in [0.15, 0.2) is 6.29 Å². The molecular formula is C38H42O8. The standard InChI is InChI=1S/C38H42O8/c1-27-34(26-41-23-28-12-6-3-7-13-28)46-38(39,31-18-19-33(40-2)32(22-31)37-42-20-21-43-37)36(45-25-30-16-10-5-11-17-30)35(27)44-24-29-14-8-4-9-15-29/h3-19,22,27,34-37,39H,20-21,23-26H2,1-2H3/t27-,34-,35?,36-,38?/m1/s1. The molecule has 242 valence electrons. The third-order valence-electron chi connectivity index (χ3n) is 8.59. The molecule has 0 radical (unpaired) electrons. The summed E-state index contributed by atoms with van der Waals surface area (Å²) in [5, 5.41) is 12.8. The summed E-state index contributed by atoms with van der Waals surface area (Å²) in [5.74, 6) is -1.52. The minimum atomic E-state index is -1.91. The number of benzene rings is 4. The Kier molecular flexibility index (Phi) is 10.8. The summed E-state index contributed by atoms with van der Waals surface area (Å²) in [6.45, 7) is 4.24. The van der Waals surface area contributed by atoms with Crippen LogP contribution in [0.5, 0.6) is 5.75 Å². The van der Waals surface area contributed by atoms with Crippen LogP contribution in [-0.4, -0.2) is 50.3 Å². The third-order valence-corrected chi connectivity index (χ3v) is 8.59. The summed E-state index contributed by atoms with van der Waals surface area (Å²) < 4.78 is 43.5. The molecule has 6 rings (SSSR count). The van der Waals surface area contributed by atoms with Gasteiger partial charge in [0, 0.05) is 11.5 Å². The zero-order valence-corrected chi connectivity index (χ0v) is 26.3. The average Bonchev–Trinajstić information content (AvgIpc) is 3.65. The fourth-order valence-electron chi connectivity index (χ4n) is 6.05. The summed E-state index contributed by atoms with van der Waals surface area (Å²) in [5.41, 5.74) is 4.18. The van der Waals surface area contributed by atoms with E-state index in [1.165, 1.54) is 0 Å². The van der Waals surface area contributed by atoms with E-state index in [1.54, 1.807) is 19.2 Å². The van der Waals surface area contributed by atoms with Crippen LogP contribution >= 0.6 is 0 Å². The summed E-state index contributed by atoms with van der Waals surface area (Å²) >= 11 is 0. The number of hydrogen-bond acceptors (Lipinski definition) is 8. The second-order valence-corrected chi connectivity index (χ2v) is 11.7. The molecule has 8 heteroatoms. The van der Waals surface area contributed by atoms with Crippen LogP contribution in [0.4, 0.5) is 0 Å². The molecule has 2 aliphatic heterocycles. The van der Waals surface area contributed by atoms with Crippen molar-refractivity contribution >= 4 is 0 Å². The summed E-state index contributed by atoms with van der Waals surface area (Å²) in [7, 11) is 1.60. The predicted octanol–water partition coefficient (Wildman–Crippen LogP) is 6.31. The van der Waals surface area contributed by atoms with Gasteiger partial charge < -0.3 is 38.3 Å². The molecular weight excluding hydrogens is 584 g/mol. The molecule has 0 spiro atoms. The Balaban J connectivity index is 1.36. The maximum absolute atomic E-state index is 12.8. The lowest BCUT2D eigenvalue weighted by Crippen LogP contribution is -2.62. The van der Waals surface area contributed by atoms with E-state index in [4.69, 9.17) is 33.2 Å². The molecule has 0 aromatic heterocycles. The molecule has 8 nitrogen and oxygen atoms in total. The Morgan fingerprint density at radius 2 is 1.30 bits per heavy atom. The van der Waals surface area contributed by atoms with Crippen molar-refractivity contribution in [1.82, 2.24) is 0 Å². The molecule has 4 aromatic rings. The minimum absolute atomic E-state index is 0.195. The Hall–Kier alpha value is -3.60. The first-order valence-corrected chi connectivity index (χ1v) is 15.8. The molecule has 0 bridgehead atoms. The Morgan fingerprint density at radius 1 is 0.739 bits per heavy atom. The van der Waals surface area contributed by atoms with Crippen LogP contribution in [0.25, 0.3) is 0 Å². The number of hydrogen-bond donors (Lipinski definition) is 1. The first kappa shape index (κ1) is 32.3. The van der Waals surface area contributed by atoms with Gasteiger partial charge in [-0.3, -0.25) is 0 Å². The van der Waals surface area contributed by atoms with Crippen molar-refractivity contribution in [2.45, 2.75) is 57.1 Å². The van der Waals surface area contributed by atoms with Crippen molar-refractivity contribution in [2.75, 3.05) is 26.9 Å². The first-order chi connectivity index (χ1) is 22.5. The number of rotatable bonds is 13. The molecule has 4 aromatic carbocycles. The molecule has 0 saturated carbocycles. The SMILES string of the molecule is COc1ccc(C2(O)O[C@H](COCc3ccccc3)[C@@H](C)C(OCc3ccccc3)[C@H]2OCc2ccccc2)cc1C1OCCO1. The van der Waals surface area contributed by atoms with Crippen LogP contribution < -0.4 is 4.74 Å². The van der Waals surface area contributed by atoms with E-state index in [0.29, 0.717) is 43.3 Å². The number of ether oxygens (including phenoxy) is 7. The van der Waals surface area contributed by atoms with Crippen LogP contribution in [-0.2, 0) is 54.0 Å². The van der Waals surface area contributed by atoms with Crippen molar-refractivity contribution < 1.29 is 38.3 Å². The van der Waals surface area contributed by atoms with Crippen molar-refractivity contribution in [1.29, 1.82) is 0 Å². The van der Waals surface area contributed by atoms with Gasteiger partial charge in [-0.2, -0.15) is 0 Å². The first-order valence-electron chi connectivity index (χ1n) is 15.8. The molecule has 0 aliphatic carbocycles. The topological polar surface area (TPSA) is 84.8 Å². The zero-order valence-electron chi connectivity index (χ0n) is 26.3. The predicted molar refractivity (Wildman–Crippen MR) is 172 cm³/mol. The summed E-state index contributed by atoms with van der Waals surface area (Å²) in [4.78, 5) is 0. The van der Waals surface area contributed by atoms with Gasteiger partial charge in [0.1, 0.15) is 11.9 Å². The van der Waals surface area contributed by atoms with E-state index in [0.717, 1.165) is 16.7 Å². The largest absolute Gasteiger partial charge is 0.496 e. The quantitative estimate of drug-likeness (QED) is 0.185.